The quantitative estimate of drug-likeness (QED) is 0.612. The van der Waals surface area contributed by atoms with Crippen LogP contribution in [0.3, 0.4) is 0 Å². The summed E-state index contributed by atoms with van der Waals surface area (Å²) < 4.78 is 13.6. The maximum absolute atomic E-state index is 13.0. The largest absolute Gasteiger partial charge is 0.507 e. The summed E-state index contributed by atoms with van der Waals surface area (Å²) in [5.41, 5.74) is 0.712. The number of aromatic nitrogens is 1. The SMILES string of the molecule is Cn1c2ccccc2c(=O)c2c(O)cc3c(c21)[C@@H]1OC[C@](C)(O)[C@@H]1O3. The van der Waals surface area contributed by atoms with Crippen LogP contribution in [0.2, 0.25) is 0 Å². The lowest BCUT2D eigenvalue weighted by Gasteiger charge is -2.21. The van der Waals surface area contributed by atoms with Gasteiger partial charge in [0.05, 0.1) is 28.6 Å². The van der Waals surface area contributed by atoms with Gasteiger partial charge >= 0.3 is 0 Å². The maximum atomic E-state index is 13.0. The molecule has 1 fully saturated rings. The molecule has 6 nitrogen and oxygen atoms in total. The molecular weight excluding hydrogens is 322 g/mol. The molecule has 0 radical (unpaired) electrons. The fourth-order valence-corrected chi connectivity index (χ4v) is 4.12. The van der Waals surface area contributed by atoms with E-state index in [4.69, 9.17) is 9.47 Å². The molecule has 2 aliphatic rings. The van der Waals surface area contributed by atoms with Crippen molar-refractivity contribution >= 4 is 21.8 Å². The van der Waals surface area contributed by atoms with Gasteiger partial charge in [-0.15, -0.1) is 0 Å². The number of aliphatic hydroxyl groups is 1. The van der Waals surface area contributed by atoms with Crippen LogP contribution in [0.1, 0.15) is 18.6 Å². The summed E-state index contributed by atoms with van der Waals surface area (Å²) in [6, 6.07) is 8.74. The number of hydrogen-bond acceptors (Lipinski definition) is 5. The summed E-state index contributed by atoms with van der Waals surface area (Å²) >= 11 is 0. The van der Waals surface area contributed by atoms with E-state index in [9.17, 15) is 15.0 Å². The molecule has 25 heavy (non-hydrogen) atoms. The number of benzene rings is 2. The van der Waals surface area contributed by atoms with Gasteiger partial charge in [0, 0.05) is 18.5 Å². The van der Waals surface area contributed by atoms with Gasteiger partial charge in [0.25, 0.3) is 0 Å². The molecule has 1 saturated heterocycles. The van der Waals surface area contributed by atoms with E-state index in [-0.39, 0.29) is 23.2 Å². The van der Waals surface area contributed by atoms with Gasteiger partial charge in [-0.25, -0.2) is 0 Å². The molecule has 0 spiro atoms. The van der Waals surface area contributed by atoms with Gasteiger partial charge in [0.1, 0.15) is 23.2 Å². The second-order valence-electron chi connectivity index (χ2n) is 7.06. The monoisotopic (exact) mass is 339 g/mol. The highest BCUT2D eigenvalue weighted by molar-refractivity contribution is 5.99. The lowest BCUT2D eigenvalue weighted by molar-refractivity contribution is -0.0146. The summed E-state index contributed by atoms with van der Waals surface area (Å²) in [6.07, 6.45) is -1.03. The Morgan fingerprint density at radius 1 is 1.32 bits per heavy atom. The van der Waals surface area contributed by atoms with Crippen LogP contribution in [-0.4, -0.2) is 33.1 Å². The molecule has 0 unspecified atom stereocenters. The first kappa shape index (κ1) is 14.7. The first-order valence-corrected chi connectivity index (χ1v) is 8.18. The van der Waals surface area contributed by atoms with Gasteiger partial charge in [-0.1, -0.05) is 12.1 Å². The summed E-state index contributed by atoms with van der Waals surface area (Å²) in [7, 11) is 1.85. The molecular formula is C19H17NO5. The Balaban J connectivity index is 1.96. The topological polar surface area (TPSA) is 80.9 Å². The molecule has 2 N–H and O–H groups in total. The normalized spacial score (nSPS) is 27.5. The molecule has 128 valence electrons. The zero-order valence-electron chi connectivity index (χ0n) is 13.8. The van der Waals surface area contributed by atoms with Crippen LogP contribution >= 0.6 is 0 Å². The molecule has 0 saturated carbocycles. The molecule has 0 bridgehead atoms. The molecule has 0 amide bonds. The van der Waals surface area contributed by atoms with Crippen LogP contribution < -0.4 is 10.2 Å². The summed E-state index contributed by atoms with van der Waals surface area (Å²) in [4.78, 5) is 13.0. The van der Waals surface area contributed by atoms with Crippen LogP contribution in [0.4, 0.5) is 0 Å². The third-order valence-electron chi connectivity index (χ3n) is 5.34. The number of ether oxygens (including phenoxy) is 2. The van der Waals surface area contributed by atoms with Crippen molar-refractivity contribution < 1.29 is 19.7 Å². The number of nitrogens with zero attached hydrogens (tertiary/aromatic N) is 1. The summed E-state index contributed by atoms with van der Waals surface area (Å²) in [5.74, 6) is 0.324. The Bertz CT molecular complexity index is 1110. The smallest absolute Gasteiger partial charge is 0.200 e. The first-order chi connectivity index (χ1) is 11.9. The average Bonchev–Trinajstić information content (AvgIpc) is 3.09. The zero-order valence-corrected chi connectivity index (χ0v) is 13.8. The van der Waals surface area contributed by atoms with Crippen LogP contribution in [-0.2, 0) is 11.8 Å². The van der Waals surface area contributed by atoms with E-state index < -0.39 is 17.8 Å². The lowest BCUT2D eigenvalue weighted by Crippen LogP contribution is -2.40. The van der Waals surface area contributed by atoms with E-state index in [1.807, 2.05) is 23.7 Å². The molecule has 3 heterocycles. The summed E-state index contributed by atoms with van der Waals surface area (Å²) in [5, 5.41) is 21.8. The fourth-order valence-electron chi connectivity index (χ4n) is 4.12. The van der Waals surface area contributed by atoms with Crippen LogP contribution in [0.25, 0.3) is 21.8 Å². The van der Waals surface area contributed by atoms with E-state index in [1.54, 1.807) is 19.1 Å². The van der Waals surface area contributed by atoms with Gasteiger partial charge in [-0.3, -0.25) is 4.79 Å². The van der Waals surface area contributed by atoms with Crippen molar-refractivity contribution in [2.45, 2.75) is 24.7 Å². The number of phenols is 1. The van der Waals surface area contributed by atoms with Crippen LogP contribution in [0, 0.1) is 0 Å². The Morgan fingerprint density at radius 2 is 2.08 bits per heavy atom. The molecule has 2 aliphatic heterocycles. The van der Waals surface area contributed by atoms with Crippen molar-refractivity contribution in [1.82, 2.24) is 4.57 Å². The van der Waals surface area contributed by atoms with E-state index in [2.05, 4.69) is 0 Å². The minimum atomic E-state index is -1.12. The molecule has 0 aliphatic carbocycles. The number of rotatable bonds is 0. The number of hydrogen-bond donors (Lipinski definition) is 2. The van der Waals surface area contributed by atoms with Crippen LogP contribution in [0.5, 0.6) is 11.5 Å². The summed E-state index contributed by atoms with van der Waals surface area (Å²) in [6.45, 7) is 1.83. The number of para-hydroxylation sites is 1. The molecule has 2 aromatic carbocycles. The third kappa shape index (κ3) is 1.73. The van der Waals surface area contributed by atoms with Crippen LogP contribution in [0.15, 0.2) is 35.1 Å². The van der Waals surface area contributed by atoms with Gasteiger partial charge in [0.15, 0.2) is 6.10 Å². The molecule has 5 rings (SSSR count). The van der Waals surface area contributed by atoms with Crippen molar-refractivity contribution in [3.8, 4) is 11.5 Å². The Kier molecular flexibility index (Phi) is 2.67. The second kappa shape index (κ2) is 4.53. The van der Waals surface area contributed by atoms with Gasteiger partial charge < -0.3 is 24.3 Å². The highest BCUT2D eigenvalue weighted by atomic mass is 16.6. The number of aryl methyl sites for hydroxylation is 1. The van der Waals surface area contributed by atoms with E-state index >= 15 is 0 Å². The highest BCUT2D eigenvalue weighted by Gasteiger charge is 2.53. The predicted molar refractivity (Wildman–Crippen MR) is 92.1 cm³/mol. The molecule has 3 aromatic rings. The van der Waals surface area contributed by atoms with Gasteiger partial charge in [-0.05, 0) is 19.1 Å². The Hall–Kier alpha value is -2.57. The third-order valence-corrected chi connectivity index (χ3v) is 5.34. The number of fused-ring (bicyclic) bond motifs is 6. The first-order valence-electron chi connectivity index (χ1n) is 8.18. The van der Waals surface area contributed by atoms with Crippen molar-refractivity contribution in [1.29, 1.82) is 0 Å². The number of phenolic OH excluding ortho intramolecular Hbond substituents is 1. The van der Waals surface area contributed by atoms with Gasteiger partial charge in [0.2, 0.25) is 5.43 Å². The minimum absolute atomic E-state index is 0.125. The maximum Gasteiger partial charge on any atom is 0.200 e. The minimum Gasteiger partial charge on any atom is -0.507 e. The molecule has 6 heteroatoms. The second-order valence-corrected chi connectivity index (χ2v) is 7.06. The van der Waals surface area contributed by atoms with Crippen molar-refractivity contribution in [3.05, 3.63) is 46.1 Å². The van der Waals surface area contributed by atoms with Gasteiger partial charge in [-0.2, -0.15) is 0 Å². The average molecular weight is 339 g/mol. The highest BCUT2D eigenvalue weighted by Crippen LogP contribution is 2.51. The van der Waals surface area contributed by atoms with E-state index in [0.717, 1.165) is 5.52 Å². The predicted octanol–water partition coefficient (Wildman–Crippen LogP) is 1.98. The number of aromatic hydroxyl groups is 1. The van der Waals surface area contributed by atoms with Crippen molar-refractivity contribution in [2.75, 3.05) is 6.61 Å². The standard InChI is InChI=1S/C19H17NO5/c1-19(23)8-24-17-14-12(25-18(17)19)7-11(21)13-15(14)20(2)10-6-4-3-5-9(10)16(13)22/h3-7,17-18,21,23H,8H2,1-2H3/t17-,18+,19-/m0/s1. The fraction of sp³-hybridized carbons (Fsp3) is 0.316. The van der Waals surface area contributed by atoms with E-state index in [1.165, 1.54) is 6.07 Å². The number of pyridine rings is 1. The van der Waals surface area contributed by atoms with Crippen molar-refractivity contribution in [3.63, 3.8) is 0 Å². The van der Waals surface area contributed by atoms with E-state index in [0.29, 0.717) is 22.2 Å². The zero-order chi connectivity index (χ0) is 17.5. The lowest BCUT2D eigenvalue weighted by atomic mass is 9.95. The molecule has 1 aromatic heterocycles. The van der Waals surface area contributed by atoms with Crippen molar-refractivity contribution in [2.24, 2.45) is 7.05 Å². The Labute approximate surface area is 142 Å². The molecule has 3 atom stereocenters. The Morgan fingerprint density at radius 3 is 2.88 bits per heavy atom.